The van der Waals surface area contributed by atoms with Gasteiger partial charge in [0.25, 0.3) is 0 Å². The van der Waals surface area contributed by atoms with Gasteiger partial charge in [-0.15, -0.1) is 0 Å². The van der Waals surface area contributed by atoms with Gasteiger partial charge in [0, 0.05) is 51.9 Å². The van der Waals surface area contributed by atoms with Crippen molar-refractivity contribution in [1.82, 2.24) is 0 Å². The lowest BCUT2D eigenvalue weighted by Gasteiger charge is -2.23. The van der Waals surface area contributed by atoms with E-state index in [0.29, 0.717) is 11.1 Å². The number of hydrogen-bond acceptors (Lipinski definition) is 11. The average Bonchev–Trinajstić information content (AvgIpc) is 3.12. The van der Waals surface area contributed by atoms with Crippen molar-refractivity contribution in [2.75, 3.05) is 0 Å². The van der Waals surface area contributed by atoms with Gasteiger partial charge < -0.3 is 23.5 Å². The summed E-state index contributed by atoms with van der Waals surface area (Å²) >= 11 is 0. The summed E-state index contributed by atoms with van der Waals surface area (Å²) in [6, 6.07) is 13.4. The van der Waals surface area contributed by atoms with Crippen LogP contribution in [-0.4, -0.2) is 34.9 Å². The fourth-order valence-electron chi connectivity index (χ4n) is 5.01. The normalized spacial score (nSPS) is 10.6. The molecule has 12 heteroatoms. The largest absolute Gasteiger partial charge is 0.458 e. The Labute approximate surface area is 289 Å². The smallest absolute Gasteiger partial charge is 0.330 e. The van der Waals surface area contributed by atoms with E-state index in [1.165, 1.54) is 62.4 Å². The summed E-state index contributed by atoms with van der Waals surface area (Å²) in [7, 11) is -4.81. The van der Waals surface area contributed by atoms with Crippen LogP contribution in [0.1, 0.15) is 54.1 Å². The topological polar surface area (TPSA) is 156 Å². The molecule has 3 aromatic carbocycles. The fraction of sp³-hybridized carbons (Fsp3) is 0.158. The number of hydrogen-bond donors (Lipinski definition) is 0. The molecule has 0 aliphatic rings. The van der Waals surface area contributed by atoms with Crippen LogP contribution in [0.15, 0.2) is 105 Å². The summed E-state index contributed by atoms with van der Waals surface area (Å²) in [5.41, 5.74) is -0.878. The molecule has 50 heavy (non-hydrogen) atoms. The molecule has 0 aromatic heterocycles. The minimum Gasteiger partial charge on any atom is -0.458 e. The van der Waals surface area contributed by atoms with Gasteiger partial charge in [0.2, 0.25) is 18.2 Å². The van der Waals surface area contributed by atoms with E-state index in [-0.39, 0.29) is 51.9 Å². The highest BCUT2D eigenvalue weighted by atomic mass is 31.2. The van der Waals surface area contributed by atoms with Gasteiger partial charge >= 0.3 is 23.9 Å². The lowest BCUT2D eigenvalue weighted by molar-refractivity contribution is -0.140. The second-order valence-electron chi connectivity index (χ2n) is 10.7. The Balaban J connectivity index is 2.29. The molecular weight excluding hydrogens is 663 g/mol. The van der Waals surface area contributed by atoms with Crippen LogP contribution in [0.3, 0.4) is 0 Å². The molecule has 0 saturated carbocycles. The van der Waals surface area contributed by atoms with Crippen molar-refractivity contribution in [3.63, 3.8) is 0 Å². The molecule has 0 atom stereocenters. The molecule has 258 valence electrons. The van der Waals surface area contributed by atoms with Gasteiger partial charge in [-0.1, -0.05) is 68.8 Å². The molecule has 11 nitrogen and oxygen atoms in total. The van der Waals surface area contributed by atoms with Crippen LogP contribution in [0.5, 0.6) is 0 Å². The van der Waals surface area contributed by atoms with Crippen LogP contribution in [-0.2, 0) is 69.1 Å². The van der Waals surface area contributed by atoms with Crippen molar-refractivity contribution in [2.24, 2.45) is 0 Å². The number of aryl methyl sites for hydroxylation is 2. The summed E-state index contributed by atoms with van der Waals surface area (Å²) in [6.45, 7) is 15.2. The standard InChI is InChI=1S/C38H35O11P/c1-7-31(39)46-20-26-16-24(5)35(28(18-26)22-48-33(41)9-3)37(43)50(45,30-14-12-11-13-15-30)38(44)36-25(6)17-27(21-47-32(40)8-2)19-29(36)23-49-34(42)10-4/h7-19H,1-4,20-23H2,5-6H3. The van der Waals surface area contributed by atoms with Crippen molar-refractivity contribution < 1.29 is 52.3 Å². The second-order valence-corrected chi connectivity index (χ2v) is 13.2. The predicted octanol–water partition coefficient (Wildman–Crippen LogP) is 5.89. The maximum absolute atomic E-state index is 15.4. The predicted molar refractivity (Wildman–Crippen MR) is 185 cm³/mol. The Morgan fingerprint density at radius 2 is 0.900 bits per heavy atom. The maximum Gasteiger partial charge on any atom is 0.330 e. The molecule has 0 amide bonds. The molecule has 0 heterocycles. The van der Waals surface area contributed by atoms with Gasteiger partial charge in [-0.2, -0.15) is 0 Å². The molecular formula is C38H35O11P. The van der Waals surface area contributed by atoms with Gasteiger partial charge in [-0.3, -0.25) is 9.59 Å². The minimum atomic E-state index is -4.81. The third-order valence-electron chi connectivity index (χ3n) is 7.24. The zero-order valence-electron chi connectivity index (χ0n) is 27.6. The van der Waals surface area contributed by atoms with E-state index in [0.717, 1.165) is 24.3 Å². The van der Waals surface area contributed by atoms with Crippen molar-refractivity contribution >= 4 is 47.4 Å². The number of benzene rings is 3. The molecule has 0 aliphatic carbocycles. The van der Waals surface area contributed by atoms with Crippen LogP contribution in [0.2, 0.25) is 0 Å². The first-order valence-corrected chi connectivity index (χ1v) is 16.7. The monoisotopic (exact) mass is 698 g/mol. The number of carbonyl (C=O) groups excluding carboxylic acids is 6. The van der Waals surface area contributed by atoms with E-state index in [2.05, 4.69) is 26.3 Å². The van der Waals surface area contributed by atoms with E-state index in [1.54, 1.807) is 6.07 Å². The van der Waals surface area contributed by atoms with Gasteiger partial charge in [-0.25, -0.2) is 19.2 Å². The number of esters is 4. The maximum atomic E-state index is 15.4. The van der Waals surface area contributed by atoms with Gasteiger partial charge in [0.1, 0.15) is 26.4 Å². The first-order valence-electron chi connectivity index (χ1n) is 15.0. The first kappa shape index (κ1) is 38.5. The van der Waals surface area contributed by atoms with Crippen molar-refractivity contribution in [3.8, 4) is 0 Å². The van der Waals surface area contributed by atoms with Gasteiger partial charge in [0.15, 0.2) is 0 Å². The third-order valence-corrected chi connectivity index (χ3v) is 9.86. The van der Waals surface area contributed by atoms with E-state index < -0.39 is 55.3 Å². The number of carbonyl (C=O) groups is 6. The molecule has 3 rings (SSSR count). The SMILES string of the molecule is C=CC(=O)OCc1cc(C)c(C(=O)P(=O)(C(=O)c2c(C)cc(COC(=O)C=C)cc2COC(=O)C=C)c2ccccc2)c(COC(=O)C=C)c1. The lowest BCUT2D eigenvalue weighted by Crippen LogP contribution is -2.24. The van der Waals surface area contributed by atoms with Crippen LogP contribution in [0.25, 0.3) is 0 Å². The molecule has 0 radical (unpaired) electrons. The van der Waals surface area contributed by atoms with Crippen molar-refractivity contribution in [1.29, 1.82) is 0 Å². The zero-order chi connectivity index (χ0) is 37.0. The summed E-state index contributed by atoms with van der Waals surface area (Å²) < 4.78 is 36.2. The fourth-order valence-corrected chi connectivity index (χ4v) is 7.53. The molecule has 0 fully saturated rings. The molecule has 0 unspecified atom stereocenters. The first-order chi connectivity index (χ1) is 23.8. The average molecular weight is 699 g/mol. The molecule has 0 N–H and O–H groups in total. The number of ether oxygens (including phenoxy) is 4. The molecule has 0 aliphatic heterocycles. The Morgan fingerprint density at radius 1 is 0.560 bits per heavy atom. The molecule has 0 bridgehead atoms. The van der Waals surface area contributed by atoms with E-state index >= 15 is 4.57 Å². The highest BCUT2D eigenvalue weighted by Crippen LogP contribution is 2.53. The lowest BCUT2D eigenvalue weighted by atomic mass is 9.99. The van der Waals surface area contributed by atoms with Crippen molar-refractivity contribution in [3.05, 3.63) is 150 Å². The zero-order valence-corrected chi connectivity index (χ0v) is 28.5. The van der Waals surface area contributed by atoms with Crippen LogP contribution >= 0.6 is 7.14 Å². The Morgan fingerprint density at radius 3 is 1.24 bits per heavy atom. The van der Waals surface area contributed by atoms with E-state index in [4.69, 9.17) is 18.9 Å². The van der Waals surface area contributed by atoms with Crippen molar-refractivity contribution in [2.45, 2.75) is 40.3 Å². The van der Waals surface area contributed by atoms with E-state index in [9.17, 15) is 28.8 Å². The summed E-state index contributed by atoms with van der Waals surface area (Å²) in [4.78, 5) is 77.1. The third kappa shape index (κ3) is 9.15. The van der Waals surface area contributed by atoms with Crippen LogP contribution in [0, 0.1) is 13.8 Å². The Bertz CT molecular complexity index is 1820. The Kier molecular flexibility index (Phi) is 13.5. The van der Waals surface area contributed by atoms with E-state index in [1.807, 2.05) is 0 Å². The van der Waals surface area contributed by atoms with Crippen LogP contribution in [0.4, 0.5) is 0 Å². The quantitative estimate of drug-likeness (QED) is 0.0717. The van der Waals surface area contributed by atoms with Gasteiger partial charge in [-0.05, 0) is 48.2 Å². The Hall–Kier alpha value is -5.93. The highest BCUT2D eigenvalue weighted by molar-refractivity contribution is 8.01. The summed E-state index contributed by atoms with van der Waals surface area (Å²) in [5.74, 6) is -3.01. The highest BCUT2D eigenvalue weighted by Gasteiger charge is 2.45. The van der Waals surface area contributed by atoms with Gasteiger partial charge in [0.05, 0.1) is 0 Å². The minimum absolute atomic E-state index is 0.0788. The number of rotatable bonds is 17. The summed E-state index contributed by atoms with van der Waals surface area (Å²) in [6.07, 6.45) is 3.81. The molecule has 0 saturated heterocycles. The van der Waals surface area contributed by atoms with Crippen LogP contribution < -0.4 is 5.30 Å². The second kappa shape index (κ2) is 17.5. The molecule has 0 spiro atoms. The molecule has 3 aromatic rings. The summed E-state index contributed by atoms with van der Waals surface area (Å²) in [5, 5.41) is -0.0788.